The second-order valence-electron chi connectivity index (χ2n) is 6.29. The Morgan fingerprint density at radius 3 is 2.09 bits per heavy atom. The van der Waals surface area contributed by atoms with Gasteiger partial charge in [-0.3, -0.25) is 0 Å². The van der Waals surface area contributed by atoms with Crippen LogP contribution in [0.1, 0.15) is 42.9 Å². The van der Waals surface area contributed by atoms with Gasteiger partial charge >= 0.3 is 0 Å². The number of hydrogen-bond donors (Lipinski definition) is 0. The van der Waals surface area contributed by atoms with Crippen molar-refractivity contribution >= 4 is 0 Å². The van der Waals surface area contributed by atoms with Crippen molar-refractivity contribution in [3.8, 4) is 11.1 Å². The summed E-state index contributed by atoms with van der Waals surface area (Å²) >= 11 is 0. The Balaban J connectivity index is 1.76. The first-order valence-electron chi connectivity index (χ1n) is 8.49. The fourth-order valence-electron chi connectivity index (χ4n) is 2.93. The van der Waals surface area contributed by atoms with Crippen LogP contribution in [-0.2, 0) is 6.42 Å². The average molecular weight is 300 g/mol. The van der Waals surface area contributed by atoms with Crippen LogP contribution < -0.4 is 0 Å². The summed E-state index contributed by atoms with van der Waals surface area (Å²) < 4.78 is 0. The minimum Gasteiger partial charge on any atom is -0.0648 e. The number of hydrogen-bond acceptors (Lipinski definition) is 0. The van der Waals surface area contributed by atoms with Crippen molar-refractivity contribution in [2.45, 2.75) is 32.6 Å². The van der Waals surface area contributed by atoms with Crippen LogP contribution in [-0.4, -0.2) is 0 Å². The van der Waals surface area contributed by atoms with Crippen LogP contribution in [0.25, 0.3) is 11.1 Å². The number of benzene rings is 3. The van der Waals surface area contributed by atoms with Crippen molar-refractivity contribution in [3.63, 3.8) is 0 Å². The summed E-state index contributed by atoms with van der Waals surface area (Å²) in [5.41, 5.74) is 6.77. The minimum absolute atomic E-state index is 0.635. The third kappa shape index (κ3) is 3.90. The van der Waals surface area contributed by atoms with Gasteiger partial charge in [-0.25, -0.2) is 0 Å². The van der Waals surface area contributed by atoms with Crippen molar-refractivity contribution < 1.29 is 0 Å². The molecule has 0 saturated carbocycles. The van der Waals surface area contributed by atoms with Crippen LogP contribution in [0.5, 0.6) is 0 Å². The van der Waals surface area contributed by atoms with Crippen molar-refractivity contribution in [2.24, 2.45) is 0 Å². The summed E-state index contributed by atoms with van der Waals surface area (Å²) in [6.45, 7) is 4.55. The molecular formula is C23H24. The molecule has 0 amide bonds. The third-order valence-corrected chi connectivity index (χ3v) is 4.60. The van der Waals surface area contributed by atoms with Crippen LogP contribution in [0, 0.1) is 0 Å². The molecule has 0 N–H and O–H groups in total. The molecule has 1 atom stereocenters. The Kier molecular flexibility index (Phi) is 4.92. The van der Waals surface area contributed by atoms with E-state index in [1.165, 1.54) is 34.2 Å². The van der Waals surface area contributed by atoms with Gasteiger partial charge in [-0.2, -0.15) is 0 Å². The van der Waals surface area contributed by atoms with Crippen LogP contribution in [0.15, 0.2) is 78.9 Å². The van der Waals surface area contributed by atoms with Crippen LogP contribution >= 0.6 is 0 Å². The highest BCUT2D eigenvalue weighted by Gasteiger charge is 2.04. The van der Waals surface area contributed by atoms with Gasteiger partial charge in [-0.05, 0) is 46.6 Å². The van der Waals surface area contributed by atoms with Gasteiger partial charge in [0, 0.05) is 0 Å². The number of rotatable bonds is 5. The topological polar surface area (TPSA) is 0 Å². The summed E-state index contributed by atoms with van der Waals surface area (Å²) in [5, 5.41) is 0. The quantitative estimate of drug-likeness (QED) is 0.507. The standard InChI is InChI=1S/C23H24/c1-3-18(2)23-11-7-8-20(17-23)16-19-12-14-22(15-13-19)21-9-5-4-6-10-21/h4-15,17-18H,3,16H2,1-2H3. The van der Waals surface area contributed by atoms with Gasteiger partial charge in [-0.15, -0.1) is 0 Å². The van der Waals surface area contributed by atoms with Gasteiger partial charge in [0.25, 0.3) is 0 Å². The molecule has 0 radical (unpaired) electrons. The molecule has 0 heterocycles. The fraction of sp³-hybridized carbons (Fsp3) is 0.217. The summed E-state index contributed by atoms with van der Waals surface area (Å²) in [6, 6.07) is 28.5. The van der Waals surface area contributed by atoms with E-state index in [0.29, 0.717) is 5.92 Å². The van der Waals surface area contributed by atoms with Crippen LogP contribution in [0.2, 0.25) is 0 Å². The van der Waals surface area contributed by atoms with Gasteiger partial charge in [0.2, 0.25) is 0 Å². The van der Waals surface area contributed by atoms with E-state index >= 15 is 0 Å². The van der Waals surface area contributed by atoms with E-state index in [-0.39, 0.29) is 0 Å². The first-order valence-corrected chi connectivity index (χ1v) is 8.49. The molecule has 0 spiro atoms. The maximum atomic E-state index is 2.36. The lowest BCUT2D eigenvalue weighted by molar-refractivity contribution is 0.732. The lowest BCUT2D eigenvalue weighted by Crippen LogP contribution is -1.94. The van der Waals surface area contributed by atoms with Gasteiger partial charge in [0.1, 0.15) is 0 Å². The highest BCUT2D eigenvalue weighted by Crippen LogP contribution is 2.23. The van der Waals surface area contributed by atoms with Crippen molar-refractivity contribution in [1.29, 1.82) is 0 Å². The molecule has 3 aromatic rings. The van der Waals surface area contributed by atoms with Gasteiger partial charge in [0.05, 0.1) is 0 Å². The fourth-order valence-corrected chi connectivity index (χ4v) is 2.93. The first-order chi connectivity index (χ1) is 11.3. The molecule has 0 aliphatic heterocycles. The zero-order valence-electron chi connectivity index (χ0n) is 14.0. The third-order valence-electron chi connectivity index (χ3n) is 4.60. The molecule has 0 aromatic heterocycles. The Labute approximate surface area is 139 Å². The maximum absolute atomic E-state index is 2.36. The summed E-state index contributed by atoms with van der Waals surface area (Å²) in [5.74, 6) is 0.635. The molecule has 0 aliphatic carbocycles. The Morgan fingerprint density at radius 1 is 0.696 bits per heavy atom. The monoisotopic (exact) mass is 300 g/mol. The van der Waals surface area contributed by atoms with E-state index in [1.54, 1.807) is 0 Å². The van der Waals surface area contributed by atoms with Gasteiger partial charge in [0.15, 0.2) is 0 Å². The highest BCUT2D eigenvalue weighted by atomic mass is 14.1. The van der Waals surface area contributed by atoms with Gasteiger partial charge < -0.3 is 0 Å². The van der Waals surface area contributed by atoms with E-state index in [4.69, 9.17) is 0 Å². The van der Waals surface area contributed by atoms with E-state index < -0.39 is 0 Å². The molecule has 23 heavy (non-hydrogen) atoms. The highest BCUT2D eigenvalue weighted by molar-refractivity contribution is 5.63. The molecule has 0 heteroatoms. The lowest BCUT2D eigenvalue weighted by Gasteiger charge is -2.11. The van der Waals surface area contributed by atoms with Crippen molar-refractivity contribution in [1.82, 2.24) is 0 Å². The Hall–Kier alpha value is -2.34. The van der Waals surface area contributed by atoms with Crippen molar-refractivity contribution in [3.05, 3.63) is 95.6 Å². The average Bonchev–Trinajstić information content (AvgIpc) is 2.62. The summed E-state index contributed by atoms with van der Waals surface area (Å²) in [6.07, 6.45) is 2.19. The normalized spacial score (nSPS) is 12.1. The second-order valence-corrected chi connectivity index (χ2v) is 6.29. The molecular weight excluding hydrogens is 276 g/mol. The van der Waals surface area contributed by atoms with Crippen molar-refractivity contribution in [2.75, 3.05) is 0 Å². The largest absolute Gasteiger partial charge is 0.0648 e. The molecule has 0 aliphatic rings. The van der Waals surface area contributed by atoms with E-state index in [1.807, 2.05) is 0 Å². The van der Waals surface area contributed by atoms with E-state index in [9.17, 15) is 0 Å². The maximum Gasteiger partial charge on any atom is -0.00257 e. The summed E-state index contributed by atoms with van der Waals surface area (Å²) in [7, 11) is 0. The van der Waals surface area contributed by atoms with E-state index in [2.05, 4.69) is 92.7 Å². The van der Waals surface area contributed by atoms with Crippen LogP contribution in [0.4, 0.5) is 0 Å². The molecule has 3 rings (SSSR count). The molecule has 0 fully saturated rings. The molecule has 116 valence electrons. The molecule has 0 nitrogen and oxygen atoms in total. The second kappa shape index (κ2) is 7.28. The molecule has 1 unspecified atom stereocenters. The first kappa shape index (κ1) is 15.6. The van der Waals surface area contributed by atoms with Crippen LogP contribution in [0.3, 0.4) is 0 Å². The summed E-state index contributed by atoms with van der Waals surface area (Å²) in [4.78, 5) is 0. The lowest BCUT2D eigenvalue weighted by atomic mass is 9.94. The zero-order chi connectivity index (χ0) is 16.1. The Morgan fingerprint density at radius 2 is 1.39 bits per heavy atom. The zero-order valence-corrected chi connectivity index (χ0v) is 14.0. The minimum atomic E-state index is 0.635. The SMILES string of the molecule is CCC(C)c1cccc(Cc2ccc(-c3ccccc3)cc2)c1. The molecule has 0 saturated heterocycles. The molecule has 3 aromatic carbocycles. The van der Waals surface area contributed by atoms with E-state index in [0.717, 1.165) is 6.42 Å². The predicted octanol–water partition coefficient (Wildman–Crippen LogP) is 6.46. The Bertz CT molecular complexity index is 739. The predicted molar refractivity (Wildman–Crippen MR) is 99.8 cm³/mol. The van der Waals surface area contributed by atoms with Gasteiger partial charge in [-0.1, -0.05) is 92.7 Å². The smallest absolute Gasteiger partial charge is 0.00257 e. The molecule has 0 bridgehead atoms.